The molecule has 94 heavy (non-hydrogen) atoms. The van der Waals surface area contributed by atoms with Gasteiger partial charge in [-0.2, -0.15) is 0 Å². The average Bonchev–Trinajstić information content (AvgIpc) is 0.842. The van der Waals surface area contributed by atoms with E-state index in [4.69, 9.17) is 54.1 Å². The Bertz CT molecular complexity index is 1970. The summed E-state index contributed by atoms with van der Waals surface area (Å²) in [6.45, 7) is 4.47. The predicted molar refractivity (Wildman–Crippen MR) is 338 cm³/mol. The minimum atomic E-state index is -1.33. The minimum absolute atomic E-state index is 0.0688. The molecule has 0 aromatic carbocycles. The van der Waals surface area contributed by atoms with E-state index in [0.29, 0.717) is 97.1 Å². The summed E-state index contributed by atoms with van der Waals surface area (Å²) in [7, 11) is 0. The molecule has 32 heteroatoms. The predicted octanol–water partition coefficient (Wildman–Crippen LogP) is -0.706. The summed E-state index contributed by atoms with van der Waals surface area (Å²) in [5.41, 5.74) is 11.5. The van der Waals surface area contributed by atoms with Crippen molar-refractivity contribution in [3.05, 3.63) is 0 Å². The van der Waals surface area contributed by atoms with E-state index in [0.717, 1.165) is 77.0 Å². The van der Waals surface area contributed by atoms with Crippen molar-refractivity contribution in [2.24, 2.45) is 16.9 Å². The molecule has 14 atom stereocenters. The van der Waals surface area contributed by atoms with Crippen molar-refractivity contribution < 1.29 is 117 Å². The van der Waals surface area contributed by atoms with E-state index in [-0.39, 0.29) is 88.5 Å². The Morgan fingerprint density at radius 3 is 1.03 bits per heavy atom. The highest BCUT2D eigenvalue weighted by molar-refractivity contribution is 5.76. The van der Waals surface area contributed by atoms with Crippen molar-refractivity contribution in [1.29, 1.82) is 0 Å². The van der Waals surface area contributed by atoms with E-state index in [9.17, 15) is 74.7 Å². The van der Waals surface area contributed by atoms with Crippen LogP contribution in [0.1, 0.15) is 167 Å². The van der Waals surface area contributed by atoms with E-state index >= 15 is 0 Å². The van der Waals surface area contributed by atoms with Crippen molar-refractivity contribution in [3.8, 4) is 0 Å². The Balaban J connectivity index is 1.26. The monoisotopic (exact) mass is 1360 g/mol. The number of hydrogen-bond acceptors (Lipinski definition) is 26. The molecular weight excluding hydrogens is 1240 g/mol. The molecule has 0 spiro atoms. The smallest absolute Gasteiger partial charge is 0.407 e. The third kappa shape index (κ3) is 35.7. The number of rotatable bonds is 51. The topological polar surface area (TPSA) is 492 Å². The fourth-order valence-electron chi connectivity index (χ4n) is 10.8. The Kier molecular flexibility index (Phi) is 44.5. The number of unbranched alkanes of at least 4 members (excludes halogenated alkanes) is 9. The van der Waals surface area contributed by atoms with Crippen LogP contribution in [0.5, 0.6) is 0 Å². The van der Waals surface area contributed by atoms with Gasteiger partial charge < -0.3 is 132 Å². The van der Waals surface area contributed by atoms with Gasteiger partial charge in [0.05, 0.1) is 77.6 Å². The van der Waals surface area contributed by atoms with Crippen LogP contribution in [-0.4, -0.2) is 267 Å². The van der Waals surface area contributed by atoms with Crippen LogP contribution in [-0.2, 0) is 57.0 Å². The lowest BCUT2D eigenvalue weighted by Gasteiger charge is -2.40. The Morgan fingerprint density at radius 2 is 0.702 bits per heavy atom. The molecule has 3 aliphatic rings. The maximum absolute atomic E-state index is 12.5. The van der Waals surface area contributed by atoms with Crippen LogP contribution in [0.15, 0.2) is 0 Å². The van der Waals surface area contributed by atoms with Crippen molar-refractivity contribution in [2.45, 2.75) is 253 Å². The summed E-state index contributed by atoms with van der Waals surface area (Å²) < 4.78 is 49.4. The molecular formula is C62H116N8O24. The molecule has 0 saturated carbocycles. The van der Waals surface area contributed by atoms with Gasteiger partial charge in [0.2, 0.25) is 17.7 Å². The van der Waals surface area contributed by atoms with Crippen LogP contribution in [0.2, 0.25) is 0 Å². The lowest BCUT2D eigenvalue weighted by Crippen LogP contribution is -2.62. The zero-order valence-electron chi connectivity index (χ0n) is 55.2. The fraction of sp³-hybridized carbons (Fsp3) is 0.903. The number of hydrogen-bond donors (Lipinski definition) is 17. The van der Waals surface area contributed by atoms with Crippen LogP contribution in [0, 0.1) is 5.41 Å². The van der Waals surface area contributed by atoms with E-state index in [2.05, 4.69) is 38.8 Å². The summed E-state index contributed by atoms with van der Waals surface area (Å²) in [6.07, 6.45) is 0.250. The number of nitrogens with two attached hydrogens (primary N) is 2. The molecule has 3 rings (SSSR count). The first kappa shape index (κ1) is 83.8. The largest absolute Gasteiger partial charge is 0.450 e. The summed E-state index contributed by atoms with van der Waals surface area (Å²) in [4.78, 5) is 74.4. The van der Waals surface area contributed by atoms with Gasteiger partial charge in [-0.15, -0.1) is 0 Å². The molecule has 3 heterocycles. The number of amides is 6. The first-order valence-electron chi connectivity index (χ1n) is 34.0. The van der Waals surface area contributed by atoms with E-state index in [1.54, 1.807) is 0 Å². The molecule has 3 aliphatic heterocycles. The SMILES string of the molecule is CC(CCCOC(=O)NCCCCCCNC(=O)CCCOC1CC(O)C(O)C(CO)O1)(CCCOC(=O)NCCCCCCNC(=O)CCCOC1OC(CO)C(O)C(O)C1N)CCCOC(=O)NCCCCCCNC(=O)CCCOC1OC(CO)C(O)C(O)C1N. The van der Waals surface area contributed by atoms with Crippen LogP contribution < -0.4 is 43.4 Å². The van der Waals surface area contributed by atoms with Gasteiger partial charge in [0.1, 0.15) is 48.8 Å². The fourth-order valence-corrected chi connectivity index (χ4v) is 10.8. The highest BCUT2D eigenvalue weighted by Crippen LogP contribution is 2.35. The van der Waals surface area contributed by atoms with Crippen LogP contribution in [0.4, 0.5) is 14.4 Å². The zero-order chi connectivity index (χ0) is 68.9. The Morgan fingerprint density at radius 1 is 0.394 bits per heavy atom. The minimum Gasteiger partial charge on any atom is -0.450 e. The van der Waals surface area contributed by atoms with Crippen LogP contribution in [0.3, 0.4) is 0 Å². The number of aliphatic hydroxyl groups is 9. The van der Waals surface area contributed by atoms with Crippen molar-refractivity contribution in [3.63, 3.8) is 0 Å². The molecule has 0 bridgehead atoms. The normalized spacial score (nSPS) is 25.9. The number of carbonyl (C=O) groups is 6. The average molecular weight is 1360 g/mol. The number of ether oxygens (including phenoxy) is 9. The molecule has 3 fully saturated rings. The summed E-state index contributed by atoms with van der Waals surface area (Å²) >= 11 is 0. The second-order valence-corrected chi connectivity index (χ2v) is 24.7. The summed E-state index contributed by atoms with van der Waals surface area (Å²) in [5, 5.41) is 105. The zero-order valence-corrected chi connectivity index (χ0v) is 55.2. The highest BCUT2D eigenvalue weighted by atomic mass is 16.7. The van der Waals surface area contributed by atoms with Crippen molar-refractivity contribution >= 4 is 36.0 Å². The highest BCUT2D eigenvalue weighted by Gasteiger charge is 2.44. The third-order valence-corrected chi connectivity index (χ3v) is 16.6. The molecule has 3 saturated heterocycles. The van der Waals surface area contributed by atoms with Gasteiger partial charge in [-0.05, 0) is 102 Å². The molecule has 0 radical (unpaired) electrons. The molecule has 548 valence electrons. The van der Waals surface area contributed by atoms with Crippen LogP contribution in [0.25, 0.3) is 0 Å². The summed E-state index contributed by atoms with van der Waals surface area (Å²) in [6, 6.07) is -2.01. The Hall–Kier alpha value is -4.46. The first-order chi connectivity index (χ1) is 45.2. The van der Waals surface area contributed by atoms with E-state index in [1.165, 1.54) is 0 Å². The van der Waals surface area contributed by atoms with Gasteiger partial charge >= 0.3 is 18.3 Å². The lowest BCUT2D eigenvalue weighted by molar-refractivity contribution is -0.265. The maximum Gasteiger partial charge on any atom is 0.407 e. The molecule has 6 amide bonds. The van der Waals surface area contributed by atoms with Crippen molar-refractivity contribution in [2.75, 3.05) is 98.7 Å². The van der Waals surface area contributed by atoms with Crippen LogP contribution >= 0.6 is 0 Å². The van der Waals surface area contributed by atoms with Gasteiger partial charge in [0.25, 0.3) is 0 Å². The van der Waals surface area contributed by atoms with Gasteiger partial charge in [-0.25, -0.2) is 14.4 Å². The molecule has 32 nitrogen and oxygen atoms in total. The lowest BCUT2D eigenvalue weighted by atomic mass is 9.77. The second-order valence-electron chi connectivity index (χ2n) is 24.7. The first-order valence-corrected chi connectivity index (χ1v) is 34.0. The molecule has 0 aromatic rings. The number of alkyl carbamates (subject to hydrolysis) is 3. The van der Waals surface area contributed by atoms with Gasteiger partial charge in [-0.1, -0.05) is 45.4 Å². The maximum atomic E-state index is 12.5. The van der Waals surface area contributed by atoms with E-state index in [1.807, 2.05) is 0 Å². The third-order valence-electron chi connectivity index (χ3n) is 16.6. The van der Waals surface area contributed by atoms with Gasteiger partial charge in [0, 0.05) is 65.0 Å². The Labute approximate surface area is 552 Å². The van der Waals surface area contributed by atoms with Gasteiger partial charge in [-0.3, -0.25) is 14.4 Å². The number of nitrogens with one attached hydrogen (secondary N) is 6. The van der Waals surface area contributed by atoms with E-state index < -0.39 is 124 Å². The number of carbonyl (C=O) groups excluding carboxylic acids is 6. The van der Waals surface area contributed by atoms with Crippen molar-refractivity contribution in [1.82, 2.24) is 31.9 Å². The molecule has 19 N–H and O–H groups in total. The second kappa shape index (κ2) is 50.0. The molecule has 0 aliphatic carbocycles. The summed E-state index contributed by atoms with van der Waals surface area (Å²) in [5.74, 6) is -0.409. The quantitative estimate of drug-likeness (QED) is 0.0264. The number of aliphatic hydroxyl groups excluding tert-OH is 9. The molecule has 14 unspecified atom stereocenters. The molecule has 0 aromatic heterocycles. The van der Waals surface area contributed by atoms with Gasteiger partial charge in [0.15, 0.2) is 18.9 Å². The standard InChI is InChI=1S/C62H116N8O24/c1-62(23-17-35-89-59(83)68-29-11-5-2-8-26-65-46(75)20-14-32-86-49-38-42(74)52(78)43(39-71)92-49,24-18-36-90-60(84)69-30-12-6-3-9-27-66-47(76)21-15-33-87-57-50(63)55(81)53(79)44(40-72)93-57)25-19-37-91-61(85)70-31-13-7-4-10-28-67-48(77)22-16-34-88-58-51(64)56(82)54(80)45(41-73)94-58/h42-45,49-58,71-74,78-82H,2-41,63-64H2,1H3,(H,65,75)(H,66,76)(H,67,77)(H,68,83)(H,69,84)(H,70,85).